The summed E-state index contributed by atoms with van der Waals surface area (Å²) in [6, 6.07) is 8.88. The van der Waals surface area contributed by atoms with Crippen molar-refractivity contribution in [2.75, 3.05) is 13.1 Å². The molecule has 1 aromatic carbocycles. The van der Waals surface area contributed by atoms with E-state index in [1.54, 1.807) is 0 Å². The Hall–Kier alpha value is -0.830. The molecular formula is C14H18Cl2N2. The van der Waals surface area contributed by atoms with Crippen molar-refractivity contribution in [1.82, 2.24) is 10.3 Å². The molecule has 2 heterocycles. The molecule has 1 N–H and O–H groups in total. The number of nitrogens with zero attached hydrogens (tertiary/aromatic N) is 1. The van der Waals surface area contributed by atoms with Crippen molar-refractivity contribution >= 4 is 35.6 Å². The molecule has 0 atom stereocenters. The summed E-state index contributed by atoms with van der Waals surface area (Å²) in [7, 11) is 0. The van der Waals surface area contributed by atoms with Gasteiger partial charge in [-0.05, 0) is 48.9 Å². The molecule has 0 radical (unpaired) electrons. The number of nitrogens with one attached hydrogen (secondary N) is 1. The molecular weight excluding hydrogens is 267 g/mol. The number of fused-ring (bicyclic) bond motifs is 1. The van der Waals surface area contributed by atoms with E-state index in [0.29, 0.717) is 0 Å². The fourth-order valence-corrected chi connectivity index (χ4v) is 2.51. The summed E-state index contributed by atoms with van der Waals surface area (Å²) >= 11 is 0. The second-order valence-corrected chi connectivity index (χ2v) is 4.51. The van der Waals surface area contributed by atoms with Crippen LogP contribution in [0.15, 0.2) is 36.7 Å². The normalized spacial score (nSPS) is 15.8. The fourth-order valence-electron chi connectivity index (χ4n) is 2.51. The zero-order valence-electron chi connectivity index (χ0n) is 10.1. The molecule has 0 saturated carbocycles. The first-order chi connectivity index (χ1) is 7.93. The van der Waals surface area contributed by atoms with Gasteiger partial charge < -0.3 is 5.32 Å². The van der Waals surface area contributed by atoms with Crippen molar-refractivity contribution in [3.8, 4) is 0 Å². The van der Waals surface area contributed by atoms with Gasteiger partial charge in [0.15, 0.2) is 0 Å². The standard InChI is InChI=1S/C14H16N2.2ClH/c1-2-14-10-16-8-5-13(14)9-12(1)11-3-6-15-7-4-11;;/h1-2,5,8-11,15H,3-4,6-7H2;2*1H. The number of halogens is 2. The lowest BCUT2D eigenvalue weighted by molar-refractivity contribution is 0.460. The Morgan fingerprint density at radius 1 is 1.00 bits per heavy atom. The minimum Gasteiger partial charge on any atom is -0.317 e. The molecule has 0 bridgehead atoms. The van der Waals surface area contributed by atoms with E-state index in [1.165, 1.54) is 29.2 Å². The SMILES string of the molecule is Cl.Cl.c1cc2cc(C3CCNCC3)ccc2cn1. The average Bonchev–Trinajstić information content (AvgIpc) is 2.39. The number of aromatic nitrogens is 1. The summed E-state index contributed by atoms with van der Waals surface area (Å²) in [5, 5.41) is 5.96. The van der Waals surface area contributed by atoms with Gasteiger partial charge in [-0.3, -0.25) is 4.98 Å². The molecule has 0 spiro atoms. The first-order valence-corrected chi connectivity index (χ1v) is 5.98. The summed E-state index contributed by atoms with van der Waals surface area (Å²) in [6.45, 7) is 2.30. The number of piperidine rings is 1. The molecule has 3 rings (SSSR count). The number of rotatable bonds is 1. The highest BCUT2D eigenvalue weighted by Gasteiger charge is 2.14. The van der Waals surface area contributed by atoms with Crippen molar-refractivity contribution < 1.29 is 0 Å². The molecule has 1 aromatic heterocycles. The Kier molecular flexibility index (Phi) is 5.86. The quantitative estimate of drug-likeness (QED) is 0.866. The van der Waals surface area contributed by atoms with Gasteiger partial charge in [0.1, 0.15) is 0 Å². The number of benzene rings is 1. The van der Waals surface area contributed by atoms with Gasteiger partial charge in [-0.1, -0.05) is 18.2 Å². The van der Waals surface area contributed by atoms with Crippen molar-refractivity contribution in [2.24, 2.45) is 0 Å². The lowest BCUT2D eigenvalue weighted by Gasteiger charge is -2.23. The second kappa shape index (κ2) is 6.93. The van der Waals surface area contributed by atoms with Gasteiger partial charge in [-0.2, -0.15) is 0 Å². The van der Waals surface area contributed by atoms with Crippen LogP contribution >= 0.6 is 24.8 Å². The van der Waals surface area contributed by atoms with Gasteiger partial charge in [0.25, 0.3) is 0 Å². The van der Waals surface area contributed by atoms with E-state index < -0.39 is 0 Å². The maximum absolute atomic E-state index is 4.15. The first-order valence-electron chi connectivity index (χ1n) is 5.98. The number of hydrogen-bond donors (Lipinski definition) is 1. The fraction of sp³-hybridized carbons (Fsp3) is 0.357. The lowest BCUT2D eigenvalue weighted by Crippen LogP contribution is -2.26. The van der Waals surface area contributed by atoms with E-state index >= 15 is 0 Å². The highest BCUT2D eigenvalue weighted by molar-refractivity contribution is 5.85. The summed E-state index contributed by atoms with van der Waals surface area (Å²) in [6.07, 6.45) is 6.32. The van der Waals surface area contributed by atoms with E-state index in [0.717, 1.165) is 19.0 Å². The minimum atomic E-state index is 0. The summed E-state index contributed by atoms with van der Waals surface area (Å²) < 4.78 is 0. The monoisotopic (exact) mass is 284 g/mol. The molecule has 2 nitrogen and oxygen atoms in total. The number of pyridine rings is 1. The number of hydrogen-bond acceptors (Lipinski definition) is 2. The maximum atomic E-state index is 4.15. The van der Waals surface area contributed by atoms with Gasteiger partial charge in [0.05, 0.1) is 0 Å². The highest BCUT2D eigenvalue weighted by atomic mass is 35.5. The van der Waals surface area contributed by atoms with E-state index in [1.807, 2.05) is 12.4 Å². The van der Waals surface area contributed by atoms with Gasteiger partial charge in [-0.15, -0.1) is 24.8 Å². The van der Waals surface area contributed by atoms with Crippen LogP contribution < -0.4 is 5.32 Å². The van der Waals surface area contributed by atoms with E-state index in [-0.39, 0.29) is 24.8 Å². The molecule has 0 aliphatic carbocycles. The Morgan fingerprint density at radius 3 is 2.56 bits per heavy atom. The minimum absolute atomic E-state index is 0. The smallest absolute Gasteiger partial charge is 0.0346 e. The molecule has 0 amide bonds. The summed E-state index contributed by atoms with van der Waals surface area (Å²) in [5.74, 6) is 0.735. The zero-order valence-corrected chi connectivity index (χ0v) is 11.8. The molecule has 18 heavy (non-hydrogen) atoms. The van der Waals surface area contributed by atoms with Crippen LogP contribution in [-0.4, -0.2) is 18.1 Å². The summed E-state index contributed by atoms with van der Waals surface area (Å²) in [5.41, 5.74) is 1.49. The van der Waals surface area contributed by atoms with E-state index in [4.69, 9.17) is 0 Å². The zero-order chi connectivity index (χ0) is 10.8. The Morgan fingerprint density at radius 2 is 1.78 bits per heavy atom. The van der Waals surface area contributed by atoms with Gasteiger partial charge >= 0.3 is 0 Å². The van der Waals surface area contributed by atoms with Crippen LogP contribution in [0.5, 0.6) is 0 Å². The highest BCUT2D eigenvalue weighted by Crippen LogP contribution is 2.27. The van der Waals surface area contributed by atoms with Crippen LogP contribution in [0, 0.1) is 0 Å². The third kappa shape index (κ3) is 3.14. The Labute approximate surface area is 120 Å². The molecule has 1 saturated heterocycles. The molecule has 0 unspecified atom stereocenters. The third-order valence-electron chi connectivity index (χ3n) is 3.48. The maximum Gasteiger partial charge on any atom is 0.0346 e. The lowest BCUT2D eigenvalue weighted by atomic mass is 9.89. The Bertz CT molecular complexity index is 496. The van der Waals surface area contributed by atoms with Crippen molar-refractivity contribution in [1.29, 1.82) is 0 Å². The molecule has 98 valence electrons. The van der Waals surface area contributed by atoms with Crippen molar-refractivity contribution in [3.63, 3.8) is 0 Å². The molecule has 1 aliphatic rings. The average molecular weight is 285 g/mol. The van der Waals surface area contributed by atoms with Crippen LogP contribution in [0.4, 0.5) is 0 Å². The predicted octanol–water partition coefficient (Wildman–Crippen LogP) is 3.55. The third-order valence-corrected chi connectivity index (χ3v) is 3.48. The largest absolute Gasteiger partial charge is 0.317 e. The molecule has 4 heteroatoms. The van der Waals surface area contributed by atoms with Crippen LogP contribution in [0.25, 0.3) is 10.8 Å². The second-order valence-electron chi connectivity index (χ2n) is 4.51. The van der Waals surface area contributed by atoms with Crippen molar-refractivity contribution in [2.45, 2.75) is 18.8 Å². The molecule has 2 aromatic rings. The van der Waals surface area contributed by atoms with Gasteiger partial charge in [0.2, 0.25) is 0 Å². The molecule has 1 fully saturated rings. The van der Waals surface area contributed by atoms with Crippen LogP contribution in [0.2, 0.25) is 0 Å². The van der Waals surface area contributed by atoms with Gasteiger partial charge in [0, 0.05) is 17.8 Å². The topological polar surface area (TPSA) is 24.9 Å². The molecule has 1 aliphatic heterocycles. The van der Waals surface area contributed by atoms with Gasteiger partial charge in [-0.25, -0.2) is 0 Å². The predicted molar refractivity (Wildman–Crippen MR) is 81.1 cm³/mol. The van der Waals surface area contributed by atoms with E-state index in [2.05, 4.69) is 34.6 Å². The van der Waals surface area contributed by atoms with Crippen LogP contribution in [0.1, 0.15) is 24.3 Å². The van der Waals surface area contributed by atoms with Crippen LogP contribution in [0.3, 0.4) is 0 Å². The summed E-state index contributed by atoms with van der Waals surface area (Å²) in [4.78, 5) is 4.15. The van der Waals surface area contributed by atoms with E-state index in [9.17, 15) is 0 Å². The van der Waals surface area contributed by atoms with Crippen LogP contribution in [-0.2, 0) is 0 Å². The van der Waals surface area contributed by atoms with Crippen molar-refractivity contribution in [3.05, 3.63) is 42.2 Å². The first kappa shape index (κ1) is 15.2. The Balaban J connectivity index is 0.000000810.